The molecule has 0 aromatic heterocycles. The van der Waals surface area contributed by atoms with E-state index < -0.39 is 30.3 Å². The number of hydrogen-bond acceptors (Lipinski definition) is 7. The average Bonchev–Trinajstić information content (AvgIpc) is 2.57. The van der Waals surface area contributed by atoms with Gasteiger partial charge in [0.2, 0.25) is 6.61 Å². The molecule has 0 aliphatic rings. The van der Waals surface area contributed by atoms with Crippen molar-refractivity contribution in [1.29, 1.82) is 0 Å². The van der Waals surface area contributed by atoms with Gasteiger partial charge < -0.3 is 19.7 Å². The van der Waals surface area contributed by atoms with Crippen LogP contribution in [0.3, 0.4) is 0 Å². The van der Waals surface area contributed by atoms with Crippen molar-refractivity contribution in [1.82, 2.24) is 5.32 Å². The zero-order chi connectivity index (χ0) is 19.6. The van der Waals surface area contributed by atoms with Crippen LogP contribution >= 0.6 is 0 Å². The Morgan fingerprint density at radius 1 is 1.23 bits per heavy atom. The summed E-state index contributed by atoms with van der Waals surface area (Å²) in [4.78, 5) is 31.7. The molecule has 3 N–H and O–H groups in total. The molecule has 1 rings (SSSR count). The van der Waals surface area contributed by atoms with E-state index in [1.54, 1.807) is 20.8 Å². The molecule has 1 atom stereocenters. The molecule has 8 heteroatoms. The Kier molecular flexibility index (Phi) is 8.57. The second kappa shape index (κ2) is 10.4. The Hall–Kier alpha value is -2.61. The van der Waals surface area contributed by atoms with Crippen LogP contribution in [0.1, 0.15) is 38.8 Å². The van der Waals surface area contributed by atoms with Gasteiger partial charge in [0.15, 0.2) is 0 Å². The maximum Gasteiger partial charge on any atom is 0.408 e. The molecule has 1 amide bonds. The van der Waals surface area contributed by atoms with Crippen molar-refractivity contribution in [2.45, 2.75) is 52.2 Å². The molecule has 8 nitrogen and oxygen atoms in total. The van der Waals surface area contributed by atoms with Gasteiger partial charge in [0.25, 0.3) is 0 Å². The Labute approximate surface area is 153 Å². The number of amides is 1. The van der Waals surface area contributed by atoms with E-state index in [0.29, 0.717) is 6.42 Å². The van der Waals surface area contributed by atoms with E-state index in [2.05, 4.69) is 22.2 Å². The minimum atomic E-state index is -0.756. The van der Waals surface area contributed by atoms with E-state index in [0.717, 1.165) is 12.0 Å². The van der Waals surface area contributed by atoms with Gasteiger partial charge in [-0.25, -0.2) is 9.59 Å². The van der Waals surface area contributed by atoms with Gasteiger partial charge in [-0.05, 0) is 44.7 Å². The molecular weight excluding hydrogens is 338 g/mol. The lowest BCUT2D eigenvalue weighted by Crippen LogP contribution is -2.41. The third kappa shape index (κ3) is 9.03. The first-order chi connectivity index (χ1) is 12.2. The summed E-state index contributed by atoms with van der Waals surface area (Å²) in [5.41, 5.74) is 1.62. The van der Waals surface area contributed by atoms with Crippen molar-refractivity contribution in [2.75, 3.05) is 6.61 Å². The molecule has 0 saturated carbocycles. The zero-order valence-electron chi connectivity index (χ0n) is 15.7. The summed E-state index contributed by atoms with van der Waals surface area (Å²) >= 11 is 0. The molecular formula is C18H27N3O5. The highest BCUT2D eigenvalue weighted by atomic mass is 16.7. The summed E-state index contributed by atoms with van der Waals surface area (Å²) < 4.78 is 5.26. The number of benzene rings is 1. The summed E-state index contributed by atoms with van der Waals surface area (Å²) in [5.74, 6) is 3.95. The maximum absolute atomic E-state index is 12.0. The number of oxime groups is 1. The summed E-state index contributed by atoms with van der Waals surface area (Å²) in [6, 6.07) is 7.56. The van der Waals surface area contributed by atoms with E-state index in [-0.39, 0.29) is 0 Å². The fraction of sp³-hybridized carbons (Fsp3) is 0.500. The van der Waals surface area contributed by atoms with Gasteiger partial charge in [-0.2, -0.15) is 5.90 Å². The number of nitrogens with zero attached hydrogens (tertiary/aromatic N) is 1. The van der Waals surface area contributed by atoms with E-state index >= 15 is 0 Å². The second-order valence-electron chi connectivity index (χ2n) is 6.64. The smallest absolute Gasteiger partial charge is 0.408 e. The standard InChI is InChI=1S/C18H27N3O5/c1-5-13-6-8-14(9-7-13)10-15(11-20-24-12-16(22)26-19)21-17(23)25-18(2,3)4/h6-9,11,15H,5,10,12,19H2,1-4H3,(H,21,23). The molecule has 0 bridgehead atoms. The fourth-order valence-corrected chi connectivity index (χ4v) is 2.01. The van der Waals surface area contributed by atoms with Gasteiger partial charge >= 0.3 is 12.1 Å². The van der Waals surface area contributed by atoms with E-state index in [4.69, 9.17) is 15.5 Å². The van der Waals surface area contributed by atoms with Crippen LogP contribution in [0.2, 0.25) is 0 Å². The van der Waals surface area contributed by atoms with Crippen molar-refractivity contribution < 1.29 is 24.0 Å². The number of nitrogens with two attached hydrogens (primary N) is 1. The lowest BCUT2D eigenvalue weighted by molar-refractivity contribution is -0.149. The predicted molar refractivity (Wildman–Crippen MR) is 97.4 cm³/mol. The lowest BCUT2D eigenvalue weighted by Gasteiger charge is -2.22. The summed E-state index contributed by atoms with van der Waals surface area (Å²) in [7, 11) is 0. The minimum Gasteiger partial charge on any atom is -0.444 e. The van der Waals surface area contributed by atoms with Crippen molar-refractivity contribution >= 4 is 18.3 Å². The predicted octanol–water partition coefficient (Wildman–Crippen LogP) is 2.10. The maximum atomic E-state index is 12.0. The highest BCUT2D eigenvalue weighted by molar-refractivity contribution is 5.75. The van der Waals surface area contributed by atoms with Crippen LogP contribution in [0, 0.1) is 0 Å². The number of carbonyl (C=O) groups is 2. The molecule has 1 aromatic carbocycles. The molecule has 1 aromatic rings. The molecule has 0 heterocycles. The Balaban J connectivity index is 2.74. The van der Waals surface area contributed by atoms with E-state index in [1.165, 1.54) is 11.8 Å². The van der Waals surface area contributed by atoms with Crippen molar-refractivity contribution in [3.63, 3.8) is 0 Å². The van der Waals surface area contributed by atoms with Gasteiger partial charge in [-0.15, -0.1) is 0 Å². The first-order valence-corrected chi connectivity index (χ1v) is 8.36. The molecule has 0 saturated heterocycles. The monoisotopic (exact) mass is 365 g/mol. The second-order valence-corrected chi connectivity index (χ2v) is 6.64. The largest absolute Gasteiger partial charge is 0.444 e. The summed E-state index contributed by atoms with van der Waals surface area (Å²) in [5, 5.41) is 6.41. The number of rotatable bonds is 8. The normalized spacial score (nSPS) is 12.5. The van der Waals surface area contributed by atoms with Crippen molar-refractivity contribution in [3.8, 4) is 0 Å². The van der Waals surface area contributed by atoms with Gasteiger partial charge in [-0.1, -0.05) is 36.3 Å². The van der Waals surface area contributed by atoms with Crippen LogP contribution in [-0.2, 0) is 32.0 Å². The first kappa shape index (κ1) is 21.4. The van der Waals surface area contributed by atoms with Gasteiger partial charge in [-0.3, -0.25) is 0 Å². The van der Waals surface area contributed by atoms with Crippen LogP contribution in [0.25, 0.3) is 0 Å². The number of nitrogens with one attached hydrogen (secondary N) is 1. The first-order valence-electron chi connectivity index (χ1n) is 8.36. The fourth-order valence-electron chi connectivity index (χ4n) is 2.01. The van der Waals surface area contributed by atoms with Crippen molar-refractivity contribution in [2.24, 2.45) is 11.1 Å². The van der Waals surface area contributed by atoms with Crippen LogP contribution in [0.5, 0.6) is 0 Å². The molecule has 26 heavy (non-hydrogen) atoms. The molecule has 144 valence electrons. The number of carbonyl (C=O) groups excluding carboxylic acids is 2. The SMILES string of the molecule is CCc1ccc(CC(C=NOCC(=O)ON)NC(=O)OC(C)(C)C)cc1. The Bertz CT molecular complexity index is 608. The highest BCUT2D eigenvalue weighted by Gasteiger charge is 2.19. The number of alkyl carbamates (subject to hydrolysis) is 1. The number of hydrogen-bond donors (Lipinski definition) is 2. The minimum absolute atomic E-state index is 0.419. The third-order valence-corrected chi connectivity index (χ3v) is 3.22. The van der Waals surface area contributed by atoms with E-state index in [1.807, 2.05) is 24.3 Å². The molecule has 0 radical (unpaired) electrons. The molecule has 0 aliphatic carbocycles. The van der Waals surface area contributed by atoms with Crippen molar-refractivity contribution in [3.05, 3.63) is 35.4 Å². The molecule has 0 fully saturated rings. The zero-order valence-corrected chi connectivity index (χ0v) is 15.7. The third-order valence-electron chi connectivity index (χ3n) is 3.22. The molecule has 0 spiro atoms. The van der Waals surface area contributed by atoms with Gasteiger partial charge in [0, 0.05) is 0 Å². The number of aryl methyl sites for hydroxylation is 1. The summed E-state index contributed by atoms with van der Waals surface area (Å²) in [6.45, 7) is 7.00. The Morgan fingerprint density at radius 2 is 1.85 bits per heavy atom. The number of ether oxygens (including phenoxy) is 1. The van der Waals surface area contributed by atoms with Crippen LogP contribution in [0.15, 0.2) is 29.4 Å². The lowest BCUT2D eigenvalue weighted by atomic mass is 10.0. The van der Waals surface area contributed by atoms with Crippen LogP contribution in [-0.4, -0.2) is 36.5 Å². The quantitative estimate of drug-likeness (QED) is 0.539. The van der Waals surface area contributed by atoms with Crippen LogP contribution < -0.4 is 11.2 Å². The van der Waals surface area contributed by atoms with Gasteiger partial charge in [0.1, 0.15) is 5.60 Å². The van der Waals surface area contributed by atoms with Crippen LogP contribution in [0.4, 0.5) is 4.79 Å². The summed E-state index contributed by atoms with van der Waals surface area (Å²) in [6.07, 6.45) is 2.26. The molecule has 0 aliphatic heterocycles. The average molecular weight is 365 g/mol. The highest BCUT2D eigenvalue weighted by Crippen LogP contribution is 2.09. The topological polar surface area (TPSA) is 112 Å². The van der Waals surface area contributed by atoms with E-state index in [9.17, 15) is 9.59 Å². The Morgan fingerprint density at radius 3 is 2.38 bits per heavy atom. The van der Waals surface area contributed by atoms with Gasteiger partial charge in [0.05, 0.1) is 12.3 Å². The molecule has 1 unspecified atom stereocenters.